The topological polar surface area (TPSA) is 66.4 Å². The molecule has 6 nitrogen and oxygen atoms in total. The molecule has 2 heterocycles. The minimum atomic E-state index is -0.467. The van der Waals surface area contributed by atoms with E-state index in [0.717, 1.165) is 35.2 Å². The Morgan fingerprint density at radius 1 is 1.17 bits per heavy atom. The molecule has 1 fully saturated rings. The SMILES string of the molecule is CCn1c(C)cc2cc(NC(=O)CC3C(=O)NCCN3Cc3ccccc3)ccc21. The molecule has 6 heteroatoms. The van der Waals surface area contributed by atoms with Crippen LogP contribution in [0.4, 0.5) is 5.69 Å². The predicted octanol–water partition coefficient (Wildman–Crippen LogP) is 3.30. The van der Waals surface area contributed by atoms with Crippen LogP contribution in [-0.4, -0.2) is 40.4 Å². The summed E-state index contributed by atoms with van der Waals surface area (Å²) in [4.78, 5) is 27.3. The minimum absolute atomic E-state index is 0.0848. The zero-order valence-corrected chi connectivity index (χ0v) is 17.5. The first-order valence-corrected chi connectivity index (χ1v) is 10.5. The molecule has 2 N–H and O–H groups in total. The number of benzene rings is 2. The van der Waals surface area contributed by atoms with Crippen molar-refractivity contribution in [1.82, 2.24) is 14.8 Å². The van der Waals surface area contributed by atoms with E-state index < -0.39 is 6.04 Å². The zero-order chi connectivity index (χ0) is 21.1. The van der Waals surface area contributed by atoms with Gasteiger partial charge in [0.05, 0.1) is 12.5 Å². The summed E-state index contributed by atoms with van der Waals surface area (Å²) in [5.41, 5.74) is 4.26. The summed E-state index contributed by atoms with van der Waals surface area (Å²) in [6, 6.07) is 17.7. The molecule has 0 radical (unpaired) electrons. The Labute approximate surface area is 176 Å². The minimum Gasteiger partial charge on any atom is -0.353 e. The van der Waals surface area contributed by atoms with Crippen molar-refractivity contribution in [2.24, 2.45) is 0 Å². The summed E-state index contributed by atoms with van der Waals surface area (Å²) in [5.74, 6) is -0.237. The Hall–Kier alpha value is -3.12. The van der Waals surface area contributed by atoms with Gasteiger partial charge in [0.2, 0.25) is 11.8 Å². The van der Waals surface area contributed by atoms with Gasteiger partial charge in [0.1, 0.15) is 0 Å². The normalized spacial score (nSPS) is 17.1. The van der Waals surface area contributed by atoms with E-state index in [-0.39, 0.29) is 18.2 Å². The number of aromatic nitrogens is 1. The fourth-order valence-electron chi connectivity index (χ4n) is 4.29. The maximum absolute atomic E-state index is 12.8. The Balaban J connectivity index is 1.46. The van der Waals surface area contributed by atoms with Crippen molar-refractivity contribution in [3.63, 3.8) is 0 Å². The van der Waals surface area contributed by atoms with Gasteiger partial charge in [0.25, 0.3) is 0 Å². The fraction of sp³-hybridized carbons (Fsp3) is 0.333. The number of carbonyl (C=O) groups excluding carboxylic acids is 2. The Morgan fingerprint density at radius 3 is 2.73 bits per heavy atom. The first kappa shape index (κ1) is 20.2. The maximum Gasteiger partial charge on any atom is 0.237 e. The van der Waals surface area contributed by atoms with Crippen LogP contribution in [0, 0.1) is 6.92 Å². The molecule has 0 bridgehead atoms. The van der Waals surface area contributed by atoms with Crippen molar-refractivity contribution in [2.75, 3.05) is 18.4 Å². The van der Waals surface area contributed by atoms with Gasteiger partial charge in [0.15, 0.2) is 0 Å². The summed E-state index contributed by atoms with van der Waals surface area (Å²) in [7, 11) is 0. The van der Waals surface area contributed by atoms with Gasteiger partial charge in [0, 0.05) is 48.5 Å². The number of anilines is 1. The zero-order valence-electron chi connectivity index (χ0n) is 17.5. The number of hydrogen-bond donors (Lipinski definition) is 2. The monoisotopic (exact) mass is 404 g/mol. The van der Waals surface area contributed by atoms with Crippen LogP contribution in [0.15, 0.2) is 54.6 Å². The van der Waals surface area contributed by atoms with Crippen LogP contribution in [0.1, 0.15) is 24.6 Å². The van der Waals surface area contributed by atoms with E-state index in [1.54, 1.807) is 0 Å². The number of nitrogens with one attached hydrogen (secondary N) is 2. The lowest BCUT2D eigenvalue weighted by atomic mass is 10.1. The van der Waals surface area contributed by atoms with E-state index in [2.05, 4.69) is 40.0 Å². The number of fused-ring (bicyclic) bond motifs is 1. The summed E-state index contributed by atoms with van der Waals surface area (Å²) < 4.78 is 2.24. The van der Waals surface area contributed by atoms with Gasteiger partial charge in [-0.3, -0.25) is 14.5 Å². The Morgan fingerprint density at radius 2 is 1.97 bits per heavy atom. The molecule has 1 aliphatic heterocycles. The highest BCUT2D eigenvalue weighted by atomic mass is 16.2. The standard InChI is InChI=1S/C24H28N4O2/c1-3-28-17(2)13-19-14-20(9-10-21(19)28)26-23(29)15-22-24(30)25-11-12-27(22)16-18-7-5-4-6-8-18/h4-10,13-14,22H,3,11-12,15-16H2,1-2H3,(H,25,30)(H,26,29). The summed E-state index contributed by atoms with van der Waals surface area (Å²) in [6.07, 6.45) is 0.131. The number of amides is 2. The van der Waals surface area contributed by atoms with Crippen molar-refractivity contribution < 1.29 is 9.59 Å². The Bertz CT molecular complexity index is 1060. The van der Waals surface area contributed by atoms with Crippen LogP contribution in [0.3, 0.4) is 0 Å². The summed E-state index contributed by atoms with van der Waals surface area (Å²) in [6.45, 7) is 7.11. The molecule has 3 aromatic rings. The smallest absolute Gasteiger partial charge is 0.237 e. The van der Waals surface area contributed by atoms with Crippen molar-refractivity contribution in [3.8, 4) is 0 Å². The van der Waals surface area contributed by atoms with Crippen LogP contribution >= 0.6 is 0 Å². The number of aryl methyl sites for hydroxylation is 2. The van der Waals surface area contributed by atoms with E-state index in [1.807, 2.05) is 48.5 Å². The number of carbonyl (C=O) groups is 2. The van der Waals surface area contributed by atoms with Gasteiger partial charge in [-0.1, -0.05) is 30.3 Å². The first-order valence-electron chi connectivity index (χ1n) is 10.5. The van der Waals surface area contributed by atoms with E-state index >= 15 is 0 Å². The molecule has 1 saturated heterocycles. The molecule has 1 aromatic heterocycles. The molecule has 0 spiro atoms. The average Bonchev–Trinajstić information content (AvgIpc) is 3.05. The molecule has 2 aromatic carbocycles. The molecule has 30 heavy (non-hydrogen) atoms. The fourth-order valence-corrected chi connectivity index (χ4v) is 4.29. The molecular formula is C24H28N4O2. The predicted molar refractivity (Wildman–Crippen MR) is 119 cm³/mol. The molecule has 2 amide bonds. The number of piperazine rings is 1. The molecule has 4 rings (SSSR count). The van der Waals surface area contributed by atoms with Gasteiger partial charge < -0.3 is 15.2 Å². The highest BCUT2D eigenvalue weighted by Crippen LogP contribution is 2.24. The second kappa shape index (κ2) is 8.71. The number of rotatable bonds is 6. The third-order valence-corrected chi connectivity index (χ3v) is 5.76. The molecule has 0 saturated carbocycles. The quantitative estimate of drug-likeness (QED) is 0.663. The van der Waals surface area contributed by atoms with Crippen molar-refractivity contribution in [3.05, 3.63) is 65.9 Å². The molecule has 1 atom stereocenters. The highest BCUT2D eigenvalue weighted by molar-refractivity contribution is 5.97. The first-order chi connectivity index (χ1) is 14.5. The maximum atomic E-state index is 12.8. The van der Waals surface area contributed by atoms with E-state index in [4.69, 9.17) is 0 Å². The largest absolute Gasteiger partial charge is 0.353 e. The third kappa shape index (κ3) is 4.24. The van der Waals surface area contributed by atoms with Crippen LogP contribution < -0.4 is 10.6 Å². The summed E-state index contributed by atoms with van der Waals surface area (Å²) in [5, 5.41) is 6.98. The van der Waals surface area contributed by atoms with Crippen LogP contribution in [0.25, 0.3) is 10.9 Å². The van der Waals surface area contributed by atoms with Gasteiger partial charge in [-0.25, -0.2) is 0 Å². The van der Waals surface area contributed by atoms with Crippen molar-refractivity contribution >= 4 is 28.4 Å². The molecule has 0 aliphatic carbocycles. The molecule has 1 unspecified atom stereocenters. The van der Waals surface area contributed by atoms with Gasteiger partial charge >= 0.3 is 0 Å². The Kier molecular flexibility index (Phi) is 5.86. The second-order valence-corrected chi connectivity index (χ2v) is 7.82. The van der Waals surface area contributed by atoms with Crippen molar-refractivity contribution in [1.29, 1.82) is 0 Å². The average molecular weight is 405 g/mol. The lowest BCUT2D eigenvalue weighted by Gasteiger charge is -2.34. The number of nitrogens with zero attached hydrogens (tertiary/aromatic N) is 2. The highest BCUT2D eigenvalue weighted by Gasteiger charge is 2.31. The van der Waals surface area contributed by atoms with Crippen LogP contribution in [0.5, 0.6) is 0 Å². The van der Waals surface area contributed by atoms with Crippen LogP contribution in [-0.2, 0) is 22.7 Å². The lowest BCUT2D eigenvalue weighted by molar-refractivity contribution is -0.132. The van der Waals surface area contributed by atoms with E-state index in [1.165, 1.54) is 5.69 Å². The van der Waals surface area contributed by atoms with E-state index in [9.17, 15) is 9.59 Å². The van der Waals surface area contributed by atoms with E-state index in [0.29, 0.717) is 13.1 Å². The third-order valence-electron chi connectivity index (χ3n) is 5.76. The van der Waals surface area contributed by atoms with Gasteiger partial charge in [-0.05, 0) is 43.7 Å². The summed E-state index contributed by atoms with van der Waals surface area (Å²) >= 11 is 0. The molecule has 1 aliphatic rings. The van der Waals surface area contributed by atoms with Crippen LogP contribution in [0.2, 0.25) is 0 Å². The van der Waals surface area contributed by atoms with Crippen molar-refractivity contribution in [2.45, 2.75) is 39.4 Å². The molecule has 156 valence electrons. The second-order valence-electron chi connectivity index (χ2n) is 7.82. The number of hydrogen-bond acceptors (Lipinski definition) is 3. The lowest BCUT2D eigenvalue weighted by Crippen LogP contribution is -2.55. The van der Waals surface area contributed by atoms with Gasteiger partial charge in [-0.15, -0.1) is 0 Å². The molecular weight excluding hydrogens is 376 g/mol. The van der Waals surface area contributed by atoms with Gasteiger partial charge in [-0.2, -0.15) is 0 Å².